The number of halogens is 1. The predicted molar refractivity (Wildman–Crippen MR) is 166 cm³/mol. The van der Waals surface area contributed by atoms with E-state index in [-0.39, 0.29) is 30.0 Å². The second-order valence-electron chi connectivity index (χ2n) is 12.9. The number of methoxy groups -OCH3 is 1. The van der Waals surface area contributed by atoms with Crippen LogP contribution < -0.4 is 14.4 Å². The number of carbonyl (C=O) groups excluding carboxylic acids is 5. The Kier molecular flexibility index (Phi) is 7.89. The average Bonchev–Trinajstić information content (AvgIpc) is 3.28. The van der Waals surface area contributed by atoms with Gasteiger partial charge in [0.05, 0.1) is 42.2 Å². The molecule has 0 N–H and O–H groups in total. The van der Waals surface area contributed by atoms with E-state index in [1.165, 1.54) is 13.2 Å². The van der Waals surface area contributed by atoms with Crippen LogP contribution in [0.15, 0.2) is 66.7 Å². The summed E-state index contributed by atoms with van der Waals surface area (Å²) in [6.45, 7) is 6.46. The molecule has 3 aromatic carbocycles. The minimum absolute atomic E-state index is 0.0469. The Bertz CT molecular complexity index is 1800. The van der Waals surface area contributed by atoms with E-state index < -0.39 is 70.2 Å². The molecule has 2 heterocycles. The molecule has 244 valence electrons. The largest absolute Gasteiger partial charge is 0.497 e. The molecule has 2 aliphatic heterocycles. The first kappa shape index (κ1) is 31.9. The van der Waals surface area contributed by atoms with E-state index in [1.54, 1.807) is 76.2 Å². The van der Waals surface area contributed by atoms with Gasteiger partial charge in [-0.3, -0.25) is 14.4 Å². The number of Topliss-reactive ketones (excluding diaryl/α,β-unsaturated/α-hetero) is 2. The number of benzene rings is 3. The standard InChI is InChI=1S/C36H34FNO9/c1-6-45-32(41)30(40)27-28(19-11-14-21(44-5)15-12-19)36(18-23-29(39)22-17-20(37)13-16-26(22)46-31(23)27)24-9-7-8-10-25(24)38(33(36)42)34(43)47-35(2,3)4/h7-17,23,27-28,31H,6,18H2,1-5H3/t23-,27+,28-,31-,36-/m0/s1. The van der Waals surface area contributed by atoms with Crippen molar-refractivity contribution in [3.63, 3.8) is 0 Å². The van der Waals surface area contributed by atoms with Crippen LogP contribution in [0.1, 0.15) is 61.5 Å². The number of ketones is 2. The molecule has 10 nitrogen and oxygen atoms in total. The summed E-state index contributed by atoms with van der Waals surface area (Å²) in [5, 5.41) is 0. The number of amides is 2. The third-order valence-corrected chi connectivity index (χ3v) is 9.03. The Hall–Kier alpha value is -5.06. The summed E-state index contributed by atoms with van der Waals surface area (Å²) in [6, 6.07) is 16.8. The molecule has 1 fully saturated rings. The Morgan fingerprint density at radius 3 is 2.38 bits per heavy atom. The molecule has 3 aromatic rings. The van der Waals surface area contributed by atoms with Crippen LogP contribution in [0, 0.1) is 17.7 Å². The molecule has 0 unspecified atom stereocenters. The lowest BCUT2D eigenvalue weighted by Crippen LogP contribution is -2.62. The van der Waals surface area contributed by atoms with E-state index in [0.29, 0.717) is 16.9 Å². The third-order valence-electron chi connectivity index (χ3n) is 9.03. The van der Waals surface area contributed by atoms with Gasteiger partial charge in [-0.25, -0.2) is 18.9 Å². The van der Waals surface area contributed by atoms with Crippen molar-refractivity contribution >= 4 is 35.2 Å². The number of nitrogens with zero attached hydrogens (tertiary/aromatic N) is 1. The lowest BCUT2D eigenvalue weighted by atomic mass is 9.51. The number of imide groups is 1. The van der Waals surface area contributed by atoms with Gasteiger partial charge in [0.15, 0.2) is 5.78 Å². The lowest BCUT2D eigenvalue weighted by molar-refractivity contribution is -0.160. The molecular weight excluding hydrogens is 609 g/mol. The molecule has 0 aromatic heterocycles. The molecule has 0 radical (unpaired) electrons. The molecule has 3 aliphatic rings. The van der Waals surface area contributed by atoms with Crippen LogP contribution in [0.3, 0.4) is 0 Å². The highest BCUT2D eigenvalue weighted by atomic mass is 19.1. The van der Waals surface area contributed by atoms with E-state index in [4.69, 9.17) is 18.9 Å². The highest BCUT2D eigenvalue weighted by Crippen LogP contribution is 2.62. The number of fused-ring (bicyclic) bond motifs is 4. The second-order valence-corrected chi connectivity index (χ2v) is 12.9. The first-order valence-electron chi connectivity index (χ1n) is 15.3. The first-order chi connectivity index (χ1) is 22.3. The molecule has 1 saturated carbocycles. The van der Waals surface area contributed by atoms with Gasteiger partial charge in [-0.05, 0) is 81.6 Å². The van der Waals surface area contributed by atoms with E-state index in [1.807, 2.05) is 0 Å². The summed E-state index contributed by atoms with van der Waals surface area (Å²) in [5.41, 5.74) is -1.70. The monoisotopic (exact) mass is 643 g/mol. The van der Waals surface area contributed by atoms with E-state index in [0.717, 1.165) is 17.0 Å². The number of para-hydroxylation sites is 1. The van der Waals surface area contributed by atoms with Gasteiger partial charge in [0.2, 0.25) is 11.7 Å². The summed E-state index contributed by atoms with van der Waals surface area (Å²) in [4.78, 5) is 71.6. The normalized spacial score (nSPS) is 24.5. The van der Waals surface area contributed by atoms with Gasteiger partial charge in [0.25, 0.3) is 0 Å². The van der Waals surface area contributed by atoms with E-state index in [2.05, 4.69) is 0 Å². The molecule has 6 rings (SSSR count). The fourth-order valence-electron chi connectivity index (χ4n) is 7.28. The Balaban J connectivity index is 1.64. The second kappa shape index (κ2) is 11.6. The maximum absolute atomic E-state index is 15.1. The number of esters is 1. The molecule has 1 spiro atoms. The highest BCUT2D eigenvalue weighted by molar-refractivity contribution is 6.35. The van der Waals surface area contributed by atoms with E-state index in [9.17, 15) is 23.6 Å². The summed E-state index contributed by atoms with van der Waals surface area (Å²) in [5.74, 6) is -7.32. The smallest absolute Gasteiger partial charge is 0.421 e. The van der Waals surface area contributed by atoms with Crippen LogP contribution >= 0.6 is 0 Å². The molecular formula is C36H34FNO9. The zero-order valence-electron chi connectivity index (χ0n) is 26.6. The van der Waals surface area contributed by atoms with Crippen molar-refractivity contribution in [3.8, 4) is 11.5 Å². The number of ether oxygens (including phenoxy) is 4. The van der Waals surface area contributed by atoms with Crippen molar-refractivity contribution < 1.29 is 47.3 Å². The Morgan fingerprint density at radius 1 is 1.02 bits per heavy atom. The van der Waals surface area contributed by atoms with Crippen molar-refractivity contribution in [2.45, 2.75) is 57.2 Å². The molecule has 1 aliphatic carbocycles. The van der Waals surface area contributed by atoms with Gasteiger partial charge in [-0.1, -0.05) is 30.3 Å². The molecule has 2 amide bonds. The highest BCUT2D eigenvalue weighted by Gasteiger charge is 2.68. The fraction of sp³-hybridized carbons (Fsp3) is 0.361. The zero-order valence-corrected chi connectivity index (χ0v) is 26.6. The van der Waals surface area contributed by atoms with Crippen LogP contribution in [0.25, 0.3) is 0 Å². The maximum Gasteiger partial charge on any atom is 0.421 e. The van der Waals surface area contributed by atoms with Gasteiger partial charge < -0.3 is 18.9 Å². The van der Waals surface area contributed by atoms with Crippen molar-refractivity contribution in [1.29, 1.82) is 0 Å². The van der Waals surface area contributed by atoms with Crippen LogP contribution in [0.4, 0.5) is 14.9 Å². The van der Waals surface area contributed by atoms with Crippen molar-refractivity contribution in [2.75, 3.05) is 18.6 Å². The SMILES string of the molecule is CCOC(=O)C(=O)[C@@H]1[C@H]2Oc3ccc(F)cc3C(=O)[C@@H]2C[C@@]2(C(=O)N(C(=O)OC(C)(C)C)c3ccccc32)[C@H]1c1ccc(OC)cc1. The average molecular weight is 644 g/mol. The van der Waals surface area contributed by atoms with Gasteiger partial charge in [-0.15, -0.1) is 0 Å². The van der Waals surface area contributed by atoms with Gasteiger partial charge in [0, 0.05) is 5.92 Å². The lowest BCUT2D eigenvalue weighted by Gasteiger charge is -2.51. The molecule has 0 saturated heterocycles. The number of hydrogen-bond acceptors (Lipinski definition) is 9. The van der Waals surface area contributed by atoms with Gasteiger partial charge >= 0.3 is 12.1 Å². The first-order valence-corrected chi connectivity index (χ1v) is 15.3. The fourth-order valence-corrected chi connectivity index (χ4v) is 7.28. The quantitative estimate of drug-likeness (QED) is 0.260. The van der Waals surface area contributed by atoms with Crippen molar-refractivity contribution in [3.05, 3.63) is 89.2 Å². The van der Waals surface area contributed by atoms with Gasteiger partial charge in [0.1, 0.15) is 29.0 Å². The molecule has 0 bridgehead atoms. The minimum atomic E-state index is -1.75. The minimum Gasteiger partial charge on any atom is -0.497 e. The number of anilines is 1. The molecule has 5 atom stereocenters. The summed E-state index contributed by atoms with van der Waals surface area (Å²) < 4.78 is 36.9. The molecule has 47 heavy (non-hydrogen) atoms. The van der Waals surface area contributed by atoms with E-state index >= 15 is 4.79 Å². The van der Waals surface area contributed by atoms with Crippen LogP contribution in [0.2, 0.25) is 0 Å². The van der Waals surface area contributed by atoms with Crippen LogP contribution in [-0.2, 0) is 29.3 Å². The summed E-state index contributed by atoms with van der Waals surface area (Å²) in [6.07, 6.45) is -2.38. The number of hydrogen-bond donors (Lipinski definition) is 0. The molecule has 11 heteroatoms. The topological polar surface area (TPSA) is 126 Å². The maximum atomic E-state index is 15.1. The Labute approximate surface area is 270 Å². The van der Waals surface area contributed by atoms with Gasteiger partial charge in [-0.2, -0.15) is 0 Å². The van der Waals surface area contributed by atoms with Crippen molar-refractivity contribution in [2.24, 2.45) is 11.8 Å². The number of rotatable bonds is 5. The Morgan fingerprint density at radius 2 is 1.72 bits per heavy atom. The van der Waals surface area contributed by atoms with Crippen molar-refractivity contribution in [1.82, 2.24) is 0 Å². The third kappa shape index (κ3) is 5.14. The van der Waals surface area contributed by atoms with Crippen LogP contribution in [0.5, 0.6) is 11.5 Å². The predicted octanol–water partition coefficient (Wildman–Crippen LogP) is 5.55. The number of carbonyl (C=O) groups is 5. The van der Waals surface area contributed by atoms with Crippen LogP contribution in [-0.4, -0.2) is 55.0 Å². The summed E-state index contributed by atoms with van der Waals surface area (Å²) in [7, 11) is 1.49. The zero-order chi connectivity index (χ0) is 33.8. The summed E-state index contributed by atoms with van der Waals surface area (Å²) >= 11 is 0.